The van der Waals surface area contributed by atoms with Gasteiger partial charge in [-0.25, -0.2) is 9.13 Å². The van der Waals surface area contributed by atoms with Gasteiger partial charge in [-0.2, -0.15) is 4.31 Å². The molecule has 0 fully saturated rings. The summed E-state index contributed by atoms with van der Waals surface area (Å²) < 4.78 is 22.2. The van der Waals surface area contributed by atoms with Crippen molar-refractivity contribution in [2.24, 2.45) is 0 Å². The molecule has 0 radical (unpaired) electrons. The topological polar surface area (TPSA) is 124 Å². The first kappa shape index (κ1) is 18.8. The van der Waals surface area contributed by atoms with Crippen molar-refractivity contribution in [2.75, 3.05) is 0 Å². The first-order valence-electron chi connectivity index (χ1n) is 4.23. The van der Waals surface area contributed by atoms with Gasteiger partial charge in [-0.1, -0.05) is 30.4 Å². The Bertz CT molecular complexity index is 342. The minimum absolute atomic E-state index is 0.937. The lowest BCUT2D eigenvalue weighted by molar-refractivity contribution is 0.225. The van der Waals surface area contributed by atoms with Gasteiger partial charge in [-0.05, 0) is 13.3 Å². The Kier molecular flexibility index (Phi) is 9.48. The van der Waals surface area contributed by atoms with Crippen LogP contribution in [0.25, 0.3) is 0 Å². The average molecular weight is 286 g/mol. The highest BCUT2D eigenvalue weighted by molar-refractivity contribution is 7.60. The number of rotatable bonds is 5. The van der Waals surface area contributed by atoms with E-state index >= 15 is 0 Å². The van der Waals surface area contributed by atoms with Gasteiger partial charge in [0.05, 0.1) is 0 Å². The Morgan fingerprint density at radius 2 is 1.65 bits per heavy atom. The van der Waals surface area contributed by atoms with Crippen LogP contribution in [0.15, 0.2) is 37.0 Å². The van der Waals surface area contributed by atoms with E-state index in [1.165, 1.54) is 0 Å². The van der Waals surface area contributed by atoms with Gasteiger partial charge in [-0.3, -0.25) is 0 Å². The molecule has 4 N–H and O–H groups in total. The summed E-state index contributed by atoms with van der Waals surface area (Å²) in [4.78, 5) is 31.0. The fourth-order valence-corrected chi connectivity index (χ4v) is 1.61. The van der Waals surface area contributed by atoms with Crippen LogP contribution in [-0.4, -0.2) is 19.6 Å². The predicted molar refractivity (Wildman–Crippen MR) is 63.9 cm³/mol. The molecule has 9 heteroatoms. The van der Waals surface area contributed by atoms with Crippen LogP contribution in [0, 0.1) is 0 Å². The van der Waals surface area contributed by atoms with Gasteiger partial charge >= 0.3 is 15.6 Å². The third-order valence-corrected chi connectivity index (χ3v) is 2.62. The van der Waals surface area contributed by atoms with E-state index in [1.807, 2.05) is 25.2 Å². The fraction of sp³-hybridized carbons (Fsp3) is 0.250. The molecule has 100 valence electrons. The zero-order valence-corrected chi connectivity index (χ0v) is 11.1. The maximum Gasteiger partial charge on any atom is 0.478 e. The molecule has 7 nitrogen and oxygen atoms in total. The third-order valence-electron chi connectivity index (χ3n) is 0.918. The molecule has 0 atom stereocenters. The molecule has 0 aromatic heterocycles. The first-order valence-corrected chi connectivity index (χ1v) is 7.29. The molecule has 0 bridgehead atoms. The Hall–Kier alpha value is -0.520. The summed E-state index contributed by atoms with van der Waals surface area (Å²) in [7, 11) is -10.1. The number of allylic oxidation sites excluding steroid dienone is 4. The summed E-state index contributed by atoms with van der Waals surface area (Å²) in [6.07, 6.45) is 6.82. The Morgan fingerprint density at radius 1 is 1.24 bits per heavy atom. The monoisotopic (exact) mass is 286 g/mol. The van der Waals surface area contributed by atoms with Gasteiger partial charge in [0.2, 0.25) is 0 Å². The minimum atomic E-state index is -5.05. The smallest absolute Gasteiger partial charge is 0.302 e. The molecule has 0 aliphatic carbocycles. The Balaban J connectivity index is 0. The fourth-order valence-electron chi connectivity index (χ4n) is 0.504. The number of phosphoric acid groups is 2. The van der Waals surface area contributed by atoms with Crippen molar-refractivity contribution in [3.8, 4) is 0 Å². The molecule has 0 aromatic carbocycles. The van der Waals surface area contributed by atoms with Gasteiger partial charge in [0.15, 0.2) is 0 Å². The normalized spacial score (nSPS) is 11.8. The second-order valence-electron chi connectivity index (χ2n) is 2.84. The van der Waals surface area contributed by atoms with Gasteiger partial charge in [-0.15, -0.1) is 6.58 Å². The standard InChI is InChI=1S/C8H12.H4O7P2/c1-4-5-6-7-8(2)3;1-8(2,3)7-9(4,5)6/h4,6-7H,1-2,5H2,3H3;(H2,1,2,3)(H2,4,5,6). The molecular weight excluding hydrogens is 270 g/mol. The van der Waals surface area contributed by atoms with E-state index in [1.54, 1.807) is 0 Å². The molecule has 0 saturated heterocycles. The van der Waals surface area contributed by atoms with Crippen LogP contribution >= 0.6 is 15.6 Å². The number of hydrogen-bond acceptors (Lipinski definition) is 3. The van der Waals surface area contributed by atoms with E-state index in [2.05, 4.69) is 17.5 Å². The molecule has 0 aromatic rings. The molecule has 0 amide bonds. The summed E-state index contributed by atoms with van der Waals surface area (Å²) >= 11 is 0. The highest BCUT2D eigenvalue weighted by Gasteiger charge is 2.27. The van der Waals surface area contributed by atoms with E-state index in [4.69, 9.17) is 19.6 Å². The minimum Gasteiger partial charge on any atom is -0.302 e. The van der Waals surface area contributed by atoms with E-state index in [0.717, 1.165) is 12.0 Å². The predicted octanol–water partition coefficient (Wildman–Crippen LogP) is 1.88. The third kappa shape index (κ3) is 25.6. The summed E-state index contributed by atoms with van der Waals surface area (Å²) in [5, 5.41) is 0. The van der Waals surface area contributed by atoms with E-state index in [9.17, 15) is 9.13 Å². The Morgan fingerprint density at radius 3 is 1.82 bits per heavy atom. The maximum absolute atomic E-state index is 9.63. The second kappa shape index (κ2) is 8.55. The SMILES string of the molecule is C=CCC=CC(=C)C.O=P(O)(O)OP(=O)(O)O. The van der Waals surface area contributed by atoms with Crippen molar-refractivity contribution in [3.05, 3.63) is 37.0 Å². The van der Waals surface area contributed by atoms with E-state index in [-0.39, 0.29) is 0 Å². The molecule has 0 aliphatic heterocycles. The van der Waals surface area contributed by atoms with Crippen molar-refractivity contribution in [3.63, 3.8) is 0 Å². The summed E-state index contributed by atoms with van der Waals surface area (Å²) in [6.45, 7) is 9.25. The molecular formula is C8H16O7P2. The highest BCUT2D eigenvalue weighted by Crippen LogP contribution is 2.53. The van der Waals surface area contributed by atoms with Crippen molar-refractivity contribution in [2.45, 2.75) is 13.3 Å². The largest absolute Gasteiger partial charge is 0.478 e. The van der Waals surface area contributed by atoms with Gasteiger partial charge in [0.25, 0.3) is 0 Å². The van der Waals surface area contributed by atoms with Crippen LogP contribution in [0.3, 0.4) is 0 Å². The van der Waals surface area contributed by atoms with E-state index in [0.29, 0.717) is 0 Å². The molecule has 0 saturated carbocycles. The second-order valence-corrected chi connectivity index (χ2v) is 5.45. The van der Waals surface area contributed by atoms with Crippen molar-refractivity contribution in [1.29, 1.82) is 0 Å². The van der Waals surface area contributed by atoms with Gasteiger partial charge < -0.3 is 19.6 Å². The van der Waals surface area contributed by atoms with E-state index < -0.39 is 15.6 Å². The first-order chi connectivity index (χ1) is 7.48. The van der Waals surface area contributed by atoms with Crippen LogP contribution in [0.5, 0.6) is 0 Å². The molecule has 0 spiro atoms. The van der Waals surface area contributed by atoms with Gasteiger partial charge in [0, 0.05) is 0 Å². The molecule has 0 unspecified atom stereocenters. The molecule has 0 heterocycles. The van der Waals surface area contributed by atoms with Crippen LogP contribution in [0.1, 0.15) is 13.3 Å². The lowest BCUT2D eigenvalue weighted by atomic mass is 10.3. The molecule has 17 heavy (non-hydrogen) atoms. The number of hydrogen-bond donors (Lipinski definition) is 4. The van der Waals surface area contributed by atoms with Crippen LogP contribution < -0.4 is 0 Å². The van der Waals surface area contributed by atoms with Crippen LogP contribution in [0.2, 0.25) is 0 Å². The average Bonchev–Trinajstić information content (AvgIpc) is 1.97. The van der Waals surface area contributed by atoms with Crippen molar-refractivity contribution in [1.82, 2.24) is 0 Å². The summed E-state index contributed by atoms with van der Waals surface area (Å²) in [5.41, 5.74) is 1.09. The van der Waals surface area contributed by atoms with Gasteiger partial charge in [0.1, 0.15) is 0 Å². The summed E-state index contributed by atoms with van der Waals surface area (Å²) in [6, 6.07) is 0. The highest BCUT2D eigenvalue weighted by atomic mass is 31.3. The van der Waals surface area contributed by atoms with Crippen LogP contribution in [0.4, 0.5) is 0 Å². The quantitative estimate of drug-likeness (QED) is 0.345. The Labute approximate surface area is 99.6 Å². The van der Waals surface area contributed by atoms with Crippen molar-refractivity contribution < 1.29 is 33.0 Å². The molecule has 0 aliphatic rings. The zero-order valence-electron chi connectivity index (χ0n) is 9.26. The lowest BCUT2D eigenvalue weighted by Crippen LogP contribution is -1.84. The zero-order chi connectivity index (χ0) is 14.1. The van der Waals surface area contributed by atoms with Crippen LogP contribution in [-0.2, 0) is 13.4 Å². The molecule has 0 rings (SSSR count). The maximum atomic E-state index is 9.63. The van der Waals surface area contributed by atoms with Crippen molar-refractivity contribution >= 4 is 15.6 Å². The summed E-state index contributed by atoms with van der Waals surface area (Å²) in [5.74, 6) is 0. The lowest BCUT2D eigenvalue weighted by Gasteiger charge is -2.03.